The molecule has 0 radical (unpaired) electrons. The Kier molecular flexibility index (Phi) is 4.74. The Morgan fingerprint density at radius 3 is 1.90 bits per heavy atom. The van der Waals surface area contributed by atoms with Gasteiger partial charge in [0.15, 0.2) is 0 Å². The van der Waals surface area contributed by atoms with E-state index in [-0.39, 0.29) is 31.8 Å². The summed E-state index contributed by atoms with van der Waals surface area (Å²) in [4.78, 5) is 22.9. The maximum Gasteiger partial charge on any atom is 0.352 e. The van der Waals surface area contributed by atoms with E-state index in [0.717, 1.165) is 0 Å². The van der Waals surface area contributed by atoms with Crippen LogP contribution in [-0.4, -0.2) is 41.5 Å². The number of carbonyl (C=O) groups excluding carboxylic acids is 2. The highest BCUT2D eigenvalue weighted by atomic mass is 19.3. The summed E-state index contributed by atoms with van der Waals surface area (Å²) in [5.74, 6) is -5.51. The van der Waals surface area contributed by atoms with Gasteiger partial charge in [-0.2, -0.15) is 8.78 Å². The summed E-state index contributed by atoms with van der Waals surface area (Å²) in [5, 5.41) is 14.2. The average Bonchev–Trinajstić information content (AvgIpc) is 2.29. The van der Waals surface area contributed by atoms with Crippen LogP contribution in [0.4, 0.5) is 8.78 Å². The van der Waals surface area contributed by atoms with E-state index in [4.69, 9.17) is 0 Å². The highest BCUT2D eigenvalue weighted by Crippen LogP contribution is 2.44. The molecule has 1 saturated carbocycles. The molecule has 116 valence electrons. The summed E-state index contributed by atoms with van der Waals surface area (Å²) in [6, 6.07) is 0. The van der Waals surface area contributed by atoms with E-state index in [1.165, 1.54) is 0 Å². The molecule has 1 aliphatic rings. The summed E-state index contributed by atoms with van der Waals surface area (Å²) in [5.41, 5.74) is -2.79. The van der Waals surface area contributed by atoms with Crippen molar-refractivity contribution >= 4 is 11.8 Å². The van der Waals surface area contributed by atoms with Crippen LogP contribution < -0.4 is 10.6 Å². The molecule has 0 heterocycles. The molecule has 5 nitrogen and oxygen atoms in total. The topological polar surface area (TPSA) is 78.4 Å². The molecule has 1 fully saturated rings. The first kappa shape index (κ1) is 16.8. The lowest BCUT2D eigenvalue weighted by Gasteiger charge is -2.41. The van der Waals surface area contributed by atoms with E-state index in [1.54, 1.807) is 20.8 Å². The van der Waals surface area contributed by atoms with Crippen LogP contribution in [0.25, 0.3) is 0 Å². The third-order valence-corrected chi connectivity index (χ3v) is 3.43. The number of amides is 2. The SMILES string of the molecule is CC(C)(C)C(=O)NCCNC(=O)C(F)(F)C1(O)CCC1. The van der Waals surface area contributed by atoms with Crippen LogP contribution in [0, 0.1) is 5.41 Å². The van der Waals surface area contributed by atoms with E-state index >= 15 is 0 Å². The molecule has 0 aromatic heterocycles. The lowest BCUT2D eigenvalue weighted by molar-refractivity contribution is -0.215. The minimum absolute atomic E-state index is 0.0658. The van der Waals surface area contributed by atoms with E-state index in [1.807, 2.05) is 5.32 Å². The van der Waals surface area contributed by atoms with Gasteiger partial charge in [0.05, 0.1) is 0 Å². The normalized spacial score (nSPS) is 18.1. The molecular formula is C13H22F2N2O3. The van der Waals surface area contributed by atoms with Crippen molar-refractivity contribution in [2.45, 2.75) is 51.6 Å². The number of nitrogens with one attached hydrogen (secondary N) is 2. The maximum absolute atomic E-state index is 13.7. The second-order valence-corrected chi connectivity index (χ2v) is 6.22. The van der Waals surface area contributed by atoms with Gasteiger partial charge >= 0.3 is 5.92 Å². The van der Waals surface area contributed by atoms with Crippen molar-refractivity contribution in [1.29, 1.82) is 0 Å². The highest BCUT2D eigenvalue weighted by Gasteiger charge is 2.60. The number of hydrogen-bond donors (Lipinski definition) is 3. The summed E-state index contributed by atoms with van der Waals surface area (Å²) < 4.78 is 27.3. The number of alkyl halides is 2. The minimum Gasteiger partial charge on any atom is -0.383 e. The third kappa shape index (κ3) is 3.45. The lowest BCUT2D eigenvalue weighted by atomic mass is 9.75. The molecule has 1 aliphatic carbocycles. The number of carbonyl (C=O) groups is 2. The lowest BCUT2D eigenvalue weighted by Crippen LogP contribution is -2.61. The highest BCUT2D eigenvalue weighted by molar-refractivity contribution is 5.85. The summed E-state index contributed by atoms with van der Waals surface area (Å²) in [6.07, 6.45) is 0.337. The predicted octanol–water partition coefficient (Wildman–Crippen LogP) is 0.815. The van der Waals surface area contributed by atoms with Gasteiger partial charge in [-0.05, 0) is 19.3 Å². The van der Waals surface area contributed by atoms with Crippen LogP contribution in [0.5, 0.6) is 0 Å². The fraction of sp³-hybridized carbons (Fsp3) is 0.846. The molecule has 0 aromatic carbocycles. The first-order valence-electron chi connectivity index (χ1n) is 6.67. The Bertz CT molecular complexity index is 388. The number of aliphatic hydroxyl groups is 1. The molecule has 0 bridgehead atoms. The zero-order valence-electron chi connectivity index (χ0n) is 12.1. The van der Waals surface area contributed by atoms with Crippen molar-refractivity contribution in [2.24, 2.45) is 5.41 Å². The largest absolute Gasteiger partial charge is 0.383 e. The summed E-state index contributed by atoms with van der Waals surface area (Å²) >= 11 is 0. The third-order valence-electron chi connectivity index (χ3n) is 3.43. The Hall–Kier alpha value is -1.24. The van der Waals surface area contributed by atoms with E-state index in [0.29, 0.717) is 6.42 Å². The van der Waals surface area contributed by atoms with Gasteiger partial charge in [-0.1, -0.05) is 20.8 Å². The van der Waals surface area contributed by atoms with E-state index in [2.05, 4.69) is 5.32 Å². The molecular weight excluding hydrogens is 270 g/mol. The zero-order valence-corrected chi connectivity index (χ0v) is 12.1. The smallest absolute Gasteiger partial charge is 0.352 e. The van der Waals surface area contributed by atoms with Crippen molar-refractivity contribution in [3.63, 3.8) is 0 Å². The summed E-state index contributed by atoms with van der Waals surface area (Å²) in [6.45, 7) is 5.13. The molecule has 0 saturated heterocycles. The second kappa shape index (κ2) is 5.63. The van der Waals surface area contributed by atoms with Gasteiger partial charge in [0.1, 0.15) is 5.60 Å². The van der Waals surface area contributed by atoms with Gasteiger partial charge in [-0.25, -0.2) is 0 Å². The quantitative estimate of drug-likeness (QED) is 0.656. The molecule has 3 N–H and O–H groups in total. The van der Waals surface area contributed by atoms with Gasteiger partial charge in [0.2, 0.25) is 5.91 Å². The first-order chi connectivity index (χ1) is 9.01. The maximum atomic E-state index is 13.7. The Morgan fingerprint density at radius 1 is 1.10 bits per heavy atom. The van der Waals surface area contributed by atoms with Gasteiger partial charge in [-0.15, -0.1) is 0 Å². The standard InChI is InChI=1S/C13H22F2N2O3/c1-11(2,3)9(18)16-7-8-17-10(19)13(14,15)12(20)5-4-6-12/h20H,4-8H2,1-3H3,(H,16,18)(H,17,19). The fourth-order valence-electron chi connectivity index (χ4n) is 1.77. The van der Waals surface area contributed by atoms with Crippen LogP contribution in [0.2, 0.25) is 0 Å². The molecule has 2 amide bonds. The Balaban J connectivity index is 2.35. The van der Waals surface area contributed by atoms with Crippen molar-refractivity contribution in [2.75, 3.05) is 13.1 Å². The zero-order chi connectivity index (χ0) is 15.6. The van der Waals surface area contributed by atoms with Crippen molar-refractivity contribution in [1.82, 2.24) is 10.6 Å². The van der Waals surface area contributed by atoms with Gasteiger partial charge < -0.3 is 15.7 Å². The number of rotatable bonds is 5. The van der Waals surface area contributed by atoms with Crippen molar-refractivity contribution in [3.8, 4) is 0 Å². The molecule has 0 aromatic rings. The molecule has 0 unspecified atom stereocenters. The average molecular weight is 292 g/mol. The fourth-order valence-corrected chi connectivity index (χ4v) is 1.77. The minimum atomic E-state index is -3.79. The van der Waals surface area contributed by atoms with E-state index in [9.17, 15) is 23.5 Å². The molecule has 0 spiro atoms. The van der Waals surface area contributed by atoms with Crippen molar-refractivity contribution < 1.29 is 23.5 Å². The first-order valence-corrected chi connectivity index (χ1v) is 6.67. The molecule has 1 rings (SSSR count). The van der Waals surface area contributed by atoms with Crippen molar-refractivity contribution in [3.05, 3.63) is 0 Å². The number of hydrogen-bond acceptors (Lipinski definition) is 3. The Labute approximate surface area is 117 Å². The molecule has 0 aliphatic heterocycles. The van der Waals surface area contributed by atoms with Gasteiger partial charge in [0.25, 0.3) is 5.91 Å². The molecule has 20 heavy (non-hydrogen) atoms. The van der Waals surface area contributed by atoms with Crippen LogP contribution in [0.15, 0.2) is 0 Å². The monoisotopic (exact) mass is 292 g/mol. The van der Waals surface area contributed by atoms with Gasteiger partial charge in [-0.3, -0.25) is 9.59 Å². The number of halogens is 2. The van der Waals surface area contributed by atoms with Crippen LogP contribution >= 0.6 is 0 Å². The molecule has 0 atom stereocenters. The van der Waals surface area contributed by atoms with E-state index < -0.39 is 22.8 Å². The second-order valence-electron chi connectivity index (χ2n) is 6.22. The van der Waals surface area contributed by atoms with Gasteiger partial charge in [0, 0.05) is 18.5 Å². The van der Waals surface area contributed by atoms with Crippen LogP contribution in [-0.2, 0) is 9.59 Å². The van der Waals surface area contributed by atoms with Crippen LogP contribution in [0.1, 0.15) is 40.0 Å². The summed E-state index contributed by atoms with van der Waals surface area (Å²) in [7, 11) is 0. The van der Waals surface area contributed by atoms with Crippen LogP contribution in [0.3, 0.4) is 0 Å². The predicted molar refractivity (Wildman–Crippen MR) is 69.2 cm³/mol. The Morgan fingerprint density at radius 2 is 1.55 bits per heavy atom. The molecule has 7 heteroatoms.